The van der Waals surface area contributed by atoms with Crippen LogP contribution >= 0.6 is 0 Å². The van der Waals surface area contributed by atoms with Crippen LogP contribution < -0.4 is 5.32 Å². The van der Waals surface area contributed by atoms with Gasteiger partial charge in [0, 0.05) is 12.1 Å². The monoisotopic (exact) mass is 249 g/mol. The van der Waals surface area contributed by atoms with E-state index in [1.165, 1.54) is 51.4 Å². The van der Waals surface area contributed by atoms with Crippen LogP contribution in [-0.2, 0) is 0 Å². The molecular weight excluding hydrogens is 218 g/mol. The molecule has 1 fully saturated rings. The lowest BCUT2D eigenvalue weighted by Crippen LogP contribution is -2.40. The van der Waals surface area contributed by atoms with Gasteiger partial charge in [-0.3, -0.25) is 0 Å². The van der Waals surface area contributed by atoms with Crippen molar-refractivity contribution in [1.82, 2.24) is 5.32 Å². The van der Waals surface area contributed by atoms with E-state index in [-0.39, 0.29) is 0 Å². The molecule has 4 atom stereocenters. The molecule has 0 aliphatic heterocycles. The third-order valence-electron chi connectivity index (χ3n) is 5.11. The van der Waals surface area contributed by atoms with Gasteiger partial charge in [0.1, 0.15) is 0 Å². The van der Waals surface area contributed by atoms with Crippen LogP contribution in [0, 0.1) is 11.8 Å². The van der Waals surface area contributed by atoms with Gasteiger partial charge in [-0.15, -0.1) is 0 Å². The fourth-order valence-electron chi connectivity index (χ4n) is 3.72. The van der Waals surface area contributed by atoms with E-state index in [1.54, 1.807) is 5.57 Å². The van der Waals surface area contributed by atoms with Crippen molar-refractivity contribution in [3.63, 3.8) is 0 Å². The lowest BCUT2D eigenvalue weighted by atomic mass is 9.84. The molecule has 2 aliphatic carbocycles. The highest BCUT2D eigenvalue weighted by atomic mass is 14.9. The van der Waals surface area contributed by atoms with Gasteiger partial charge in [0.25, 0.3) is 0 Å². The van der Waals surface area contributed by atoms with Crippen LogP contribution in [-0.4, -0.2) is 12.1 Å². The summed E-state index contributed by atoms with van der Waals surface area (Å²) in [6, 6.07) is 1.38. The van der Waals surface area contributed by atoms with E-state index in [4.69, 9.17) is 0 Å². The predicted molar refractivity (Wildman–Crippen MR) is 79.7 cm³/mol. The normalized spacial score (nSPS) is 35.1. The molecule has 0 aromatic carbocycles. The van der Waals surface area contributed by atoms with Gasteiger partial charge in [-0.2, -0.15) is 0 Å². The minimum absolute atomic E-state index is 0.609. The standard InChI is InChI=1S/C17H31N/c1-4-15-8-10-16(11-9-15)14(3)18-17-7-5-6-13(2)12-17/h10,13-15,17-18H,4-9,11-12H2,1-3H3. The first-order chi connectivity index (χ1) is 8.69. The minimum Gasteiger partial charge on any atom is -0.308 e. The van der Waals surface area contributed by atoms with Crippen molar-refractivity contribution in [1.29, 1.82) is 0 Å². The summed E-state index contributed by atoms with van der Waals surface area (Å²) in [5.41, 5.74) is 1.68. The van der Waals surface area contributed by atoms with Crippen molar-refractivity contribution in [3.8, 4) is 0 Å². The van der Waals surface area contributed by atoms with Crippen molar-refractivity contribution < 1.29 is 0 Å². The van der Waals surface area contributed by atoms with E-state index in [1.807, 2.05) is 0 Å². The number of nitrogens with one attached hydrogen (secondary N) is 1. The third kappa shape index (κ3) is 3.85. The third-order valence-corrected chi connectivity index (χ3v) is 5.11. The van der Waals surface area contributed by atoms with Crippen LogP contribution in [0.5, 0.6) is 0 Å². The lowest BCUT2D eigenvalue weighted by Gasteiger charge is -2.32. The summed E-state index contributed by atoms with van der Waals surface area (Å²) in [6.07, 6.45) is 13.6. The fourth-order valence-corrected chi connectivity index (χ4v) is 3.72. The van der Waals surface area contributed by atoms with Gasteiger partial charge < -0.3 is 5.32 Å². The number of allylic oxidation sites excluding steroid dienone is 1. The summed E-state index contributed by atoms with van der Waals surface area (Å²) in [5.74, 6) is 1.88. The van der Waals surface area contributed by atoms with Crippen molar-refractivity contribution in [2.75, 3.05) is 0 Å². The van der Waals surface area contributed by atoms with Gasteiger partial charge in [-0.1, -0.05) is 44.8 Å². The summed E-state index contributed by atoms with van der Waals surface area (Å²) in [4.78, 5) is 0. The zero-order chi connectivity index (χ0) is 13.0. The van der Waals surface area contributed by atoms with Gasteiger partial charge in [0.2, 0.25) is 0 Å². The molecular formula is C17H31N. The highest BCUT2D eigenvalue weighted by Crippen LogP contribution is 2.29. The topological polar surface area (TPSA) is 12.0 Å². The molecule has 2 rings (SSSR count). The van der Waals surface area contributed by atoms with E-state index >= 15 is 0 Å². The number of rotatable bonds is 4. The molecule has 18 heavy (non-hydrogen) atoms. The van der Waals surface area contributed by atoms with Gasteiger partial charge in [-0.05, 0) is 50.9 Å². The van der Waals surface area contributed by atoms with Crippen LogP contribution in [0.3, 0.4) is 0 Å². The van der Waals surface area contributed by atoms with Crippen LogP contribution in [0.1, 0.15) is 72.1 Å². The fraction of sp³-hybridized carbons (Fsp3) is 0.882. The Kier molecular flexibility index (Phi) is 5.29. The van der Waals surface area contributed by atoms with Crippen molar-refractivity contribution in [2.24, 2.45) is 11.8 Å². The maximum absolute atomic E-state index is 3.88. The van der Waals surface area contributed by atoms with Crippen LogP contribution in [0.2, 0.25) is 0 Å². The maximum Gasteiger partial charge on any atom is 0.0253 e. The second kappa shape index (κ2) is 6.75. The second-order valence-electron chi connectivity index (χ2n) is 6.68. The van der Waals surface area contributed by atoms with Crippen LogP contribution in [0.4, 0.5) is 0 Å². The molecule has 104 valence electrons. The van der Waals surface area contributed by atoms with E-state index in [2.05, 4.69) is 32.2 Å². The zero-order valence-corrected chi connectivity index (χ0v) is 12.5. The molecule has 4 unspecified atom stereocenters. The van der Waals surface area contributed by atoms with E-state index in [9.17, 15) is 0 Å². The molecule has 1 saturated carbocycles. The minimum atomic E-state index is 0.609. The Morgan fingerprint density at radius 2 is 2.17 bits per heavy atom. The van der Waals surface area contributed by atoms with Crippen LogP contribution in [0.25, 0.3) is 0 Å². The van der Waals surface area contributed by atoms with E-state index < -0.39 is 0 Å². The molecule has 0 bridgehead atoms. The Morgan fingerprint density at radius 3 is 2.78 bits per heavy atom. The summed E-state index contributed by atoms with van der Waals surface area (Å²) in [7, 11) is 0. The first-order valence-corrected chi connectivity index (χ1v) is 8.14. The van der Waals surface area contributed by atoms with Crippen molar-refractivity contribution in [3.05, 3.63) is 11.6 Å². The van der Waals surface area contributed by atoms with Gasteiger partial charge >= 0.3 is 0 Å². The maximum atomic E-state index is 3.88. The molecule has 1 N–H and O–H groups in total. The highest BCUT2D eigenvalue weighted by Gasteiger charge is 2.22. The van der Waals surface area contributed by atoms with Gasteiger partial charge in [-0.25, -0.2) is 0 Å². The molecule has 0 heterocycles. The van der Waals surface area contributed by atoms with Crippen molar-refractivity contribution in [2.45, 2.75) is 84.2 Å². The molecule has 1 heteroatoms. The summed E-state index contributed by atoms with van der Waals surface area (Å²) in [6.45, 7) is 7.11. The highest BCUT2D eigenvalue weighted by molar-refractivity contribution is 5.13. The quantitative estimate of drug-likeness (QED) is 0.713. The lowest BCUT2D eigenvalue weighted by molar-refractivity contribution is 0.288. The molecule has 0 aromatic rings. The number of hydrogen-bond donors (Lipinski definition) is 1. The second-order valence-corrected chi connectivity index (χ2v) is 6.68. The largest absolute Gasteiger partial charge is 0.308 e. The summed E-state index contributed by atoms with van der Waals surface area (Å²) in [5, 5.41) is 3.88. The molecule has 2 aliphatic rings. The molecule has 0 spiro atoms. The van der Waals surface area contributed by atoms with E-state index in [0.29, 0.717) is 6.04 Å². The molecule has 0 aromatic heterocycles. The van der Waals surface area contributed by atoms with Gasteiger partial charge in [0.15, 0.2) is 0 Å². The Bertz CT molecular complexity index is 281. The first-order valence-electron chi connectivity index (χ1n) is 8.14. The number of hydrogen-bond acceptors (Lipinski definition) is 1. The zero-order valence-electron chi connectivity index (χ0n) is 12.5. The average molecular weight is 249 g/mol. The molecule has 0 radical (unpaired) electrons. The molecule has 0 saturated heterocycles. The predicted octanol–water partition coefficient (Wildman–Crippen LogP) is 4.68. The molecule has 0 amide bonds. The van der Waals surface area contributed by atoms with Crippen LogP contribution in [0.15, 0.2) is 11.6 Å². The molecule has 1 nitrogen and oxygen atoms in total. The Morgan fingerprint density at radius 1 is 1.33 bits per heavy atom. The Hall–Kier alpha value is -0.300. The van der Waals surface area contributed by atoms with Gasteiger partial charge in [0.05, 0.1) is 0 Å². The first kappa shape index (κ1) is 14.1. The summed E-state index contributed by atoms with van der Waals surface area (Å²) < 4.78 is 0. The smallest absolute Gasteiger partial charge is 0.0253 e. The SMILES string of the molecule is CCC1CC=C(C(C)NC2CCCC(C)C2)CC1. The van der Waals surface area contributed by atoms with E-state index in [0.717, 1.165) is 17.9 Å². The Balaban J connectivity index is 1.80. The van der Waals surface area contributed by atoms with Crippen molar-refractivity contribution >= 4 is 0 Å². The summed E-state index contributed by atoms with van der Waals surface area (Å²) >= 11 is 0. The average Bonchev–Trinajstić information content (AvgIpc) is 2.39. The Labute approximate surface area is 113 Å².